The third kappa shape index (κ3) is 6.42. The van der Waals surface area contributed by atoms with Crippen LogP contribution in [0.5, 0.6) is 0 Å². The molecular formula is C27H22Cl2N2O3S. The van der Waals surface area contributed by atoms with E-state index in [4.69, 9.17) is 23.2 Å². The molecule has 1 N–H and O–H groups in total. The monoisotopic (exact) mass is 524 g/mol. The lowest BCUT2D eigenvalue weighted by Gasteiger charge is -2.24. The minimum atomic E-state index is -4.05. The average Bonchev–Trinajstić information content (AvgIpc) is 2.86. The summed E-state index contributed by atoms with van der Waals surface area (Å²) in [5.74, 6) is -0.308. The SMILES string of the molecule is O=C(c1ccc(Cl)c(S(=O)(=O)Nc2ccc(Cl)cc2)c1)N(Cc1ccccc1)Cc1ccccc1. The Labute approximate surface area is 215 Å². The number of carbonyl (C=O) groups excluding carboxylic acids is 1. The van der Waals surface area contributed by atoms with Gasteiger partial charge in [-0.1, -0.05) is 83.9 Å². The Balaban J connectivity index is 1.65. The van der Waals surface area contributed by atoms with Gasteiger partial charge in [-0.25, -0.2) is 8.42 Å². The van der Waals surface area contributed by atoms with Crippen LogP contribution >= 0.6 is 23.2 Å². The molecule has 0 radical (unpaired) electrons. The highest BCUT2D eigenvalue weighted by molar-refractivity contribution is 7.92. The first-order valence-electron chi connectivity index (χ1n) is 10.8. The van der Waals surface area contributed by atoms with Crippen molar-refractivity contribution in [2.45, 2.75) is 18.0 Å². The first-order valence-corrected chi connectivity index (χ1v) is 13.0. The van der Waals surface area contributed by atoms with Crippen LogP contribution in [0.3, 0.4) is 0 Å². The third-order valence-corrected chi connectivity index (χ3v) is 7.40. The van der Waals surface area contributed by atoms with Crippen LogP contribution in [0.1, 0.15) is 21.5 Å². The van der Waals surface area contributed by atoms with Crippen LogP contribution in [0, 0.1) is 0 Å². The molecule has 0 saturated carbocycles. The molecule has 0 atom stereocenters. The van der Waals surface area contributed by atoms with Crippen molar-refractivity contribution >= 4 is 44.8 Å². The first-order chi connectivity index (χ1) is 16.8. The fourth-order valence-corrected chi connectivity index (χ4v) is 5.27. The molecule has 5 nitrogen and oxygen atoms in total. The van der Waals surface area contributed by atoms with E-state index in [1.54, 1.807) is 29.2 Å². The van der Waals surface area contributed by atoms with Gasteiger partial charge in [0.25, 0.3) is 15.9 Å². The van der Waals surface area contributed by atoms with Crippen molar-refractivity contribution in [1.82, 2.24) is 4.90 Å². The van der Waals surface area contributed by atoms with E-state index in [9.17, 15) is 13.2 Å². The van der Waals surface area contributed by atoms with Crippen LogP contribution in [-0.2, 0) is 23.1 Å². The molecule has 0 unspecified atom stereocenters. The number of hydrogen-bond acceptors (Lipinski definition) is 3. The third-order valence-electron chi connectivity index (χ3n) is 5.28. The molecule has 4 aromatic carbocycles. The summed E-state index contributed by atoms with van der Waals surface area (Å²) in [7, 11) is -4.05. The number of anilines is 1. The van der Waals surface area contributed by atoms with Gasteiger partial charge < -0.3 is 4.90 Å². The Kier molecular flexibility index (Phi) is 7.76. The lowest BCUT2D eigenvalue weighted by molar-refractivity contribution is 0.0730. The molecule has 0 aromatic heterocycles. The molecule has 8 heteroatoms. The second-order valence-corrected chi connectivity index (χ2v) is 10.4. The Morgan fingerprint density at radius 2 is 1.29 bits per heavy atom. The molecule has 1 amide bonds. The first kappa shape index (κ1) is 24.8. The fraction of sp³-hybridized carbons (Fsp3) is 0.0741. The molecule has 0 aliphatic carbocycles. The molecule has 0 spiro atoms. The summed E-state index contributed by atoms with van der Waals surface area (Å²) < 4.78 is 28.6. The molecule has 4 aromatic rings. The molecule has 4 rings (SSSR count). The molecule has 35 heavy (non-hydrogen) atoms. The van der Waals surface area contributed by atoms with E-state index in [1.165, 1.54) is 18.2 Å². The van der Waals surface area contributed by atoms with Gasteiger partial charge in [-0.2, -0.15) is 0 Å². The Hall–Kier alpha value is -3.32. The summed E-state index contributed by atoms with van der Waals surface area (Å²) in [6.07, 6.45) is 0. The van der Waals surface area contributed by atoms with Crippen molar-refractivity contribution in [3.63, 3.8) is 0 Å². The normalized spacial score (nSPS) is 11.1. The summed E-state index contributed by atoms with van der Waals surface area (Å²) in [6.45, 7) is 0.727. The van der Waals surface area contributed by atoms with E-state index in [0.29, 0.717) is 23.8 Å². The van der Waals surface area contributed by atoms with Gasteiger partial charge in [-0.15, -0.1) is 0 Å². The molecule has 0 fully saturated rings. The summed E-state index contributed by atoms with van der Waals surface area (Å²) >= 11 is 12.1. The zero-order chi connectivity index (χ0) is 24.8. The molecule has 0 saturated heterocycles. The number of carbonyl (C=O) groups is 1. The maximum Gasteiger partial charge on any atom is 0.263 e. The van der Waals surface area contributed by atoms with Gasteiger partial charge in [0.05, 0.1) is 5.02 Å². The number of amides is 1. The predicted molar refractivity (Wildman–Crippen MR) is 140 cm³/mol. The second-order valence-electron chi connectivity index (χ2n) is 7.89. The lowest BCUT2D eigenvalue weighted by atomic mass is 10.1. The van der Waals surface area contributed by atoms with Crippen molar-refractivity contribution in [3.05, 3.63) is 130 Å². The average molecular weight is 525 g/mol. The van der Waals surface area contributed by atoms with Gasteiger partial charge in [-0.05, 0) is 53.6 Å². The molecular weight excluding hydrogens is 503 g/mol. The smallest absolute Gasteiger partial charge is 0.263 e. The molecule has 0 aliphatic heterocycles. The summed E-state index contributed by atoms with van der Waals surface area (Å²) in [5.41, 5.74) is 2.47. The van der Waals surface area contributed by atoms with E-state index in [0.717, 1.165) is 11.1 Å². The summed E-state index contributed by atoms with van der Waals surface area (Å²) in [5, 5.41) is 0.496. The van der Waals surface area contributed by atoms with E-state index in [2.05, 4.69) is 4.72 Å². The molecule has 178 valence electrons. The summed E-state index contributed by atoms with van der Waals surface area (Å²) in [4.78, 5) is 15.1. The maximum atomic E-state index is 13.6. The number of rotatable bonds is 8. The van der Waals surface area contributed by atoms with Crippen molar-refractivity contribution in [3.8, 4) is 0 Å². The number of nitrogens with zero attached hydrogens (tertiary/aromatic N) is 1. The van der Waals surface area contributed by atoms with E-state index in [1.807, 2.05) is 60.7 Å². The van der Waals surface area contributed by atoms with Crippen LogP contribution in [0.4, 0.5) is 5.69 Å². The van der Waals surface area contributed by atoms with Crippen LogP contribution < -0.4 is 4.72 Å². The van der Waals surface area contributed by atoms with Gasteiger partial charge in [0.1, 0.15) is 4.90 Å². The number of halogens is 2. The van der Waals surface area contributed by atoms with E-state index < -0.39 is 10.0 Å². The molecule has 0 aliphatic rings. The van der Waals surface area contributed by atoms with Crippen molar-refractivity contribution in [2.24, 2.45) is 0 Å². The number of benzene rings is 4. The minimum absolute atomic E-state index is 0.0145. The predicted octanol–water partition coefficient (Wildman–Crippen LogP) is 6.64. The summed E-state index contributed by atoms with van der Waals surface area (Å²) in [6, 6.07) is 29.8. The fourth-order valence-electron chi connectivity index (χ4n) is 3.56. The van der Waals surface area contributed by atoms with Crippen LogP contribution in [0.25, 0.3) is 0 Å². The largest absolute Gasteiger partial charge is 0.330 e. The number of nitrogens with one attached hydrogen (secondary N) is 1. The lowest BCUT2D eigenvalue weighted by Crippen LogP contribution is -2.30. The van der Waals surface area contributed by atoms with Crippen LogP contribution in [0.2, 0.25) is 10.0 Å². The Bertz CT molecular complexity index is 1370. The quantitative estimate of drug-likeness (QED) is 0.281. The van der Waals surface area contributed by atoms with E-state index in [-0.39, 0.29) is 21.4 Å². The molecule has 0 heterocycles. The zero-order valence-electron chi connectivity index (χ0n) is 18.6. The van der Waals surface area contributed by atoms with E-state index >= 15 is 0 Å². The maximum absolute atomic E-state index is 13.6. The molecule has 0 bridgehead atoms. The van der Waals surface area contributed by atoms with Gasteiger partial charge in [0.15, 0.2) is 0 Å². The van der Waals surface area contributed by atoms with Gasteiger partial charge >= 0.3 is 0 Å². The second kappa shape index (κ2) is 11.0. The highest BCUT2D eigenvalue weighted by Crippen LogP contribution is 2.27. The number of sulfonamides is 1. The highest BCUT2D eigenvalue weighted by Gasteiger charge is 2.23. The highest BCUT2D eigenvalue weighted by atomic mass is 35.5. The Morgan fingerprint density at radius 3 is 1.83 bits per heavy atom. The van der Waals surface area contributed by atoms with Crippen molar-refractivity contribution < 1.29 is 13.2 Å². The minimum Gasteiger partial charge on any atom is -0.330 e. The van der Waals surface area contributed by atoms with Crippen molar-refractivity contribution in [2.75, 3.05) is 4.72 Å². The van der Waals surface area contributed by atoms with Gasteiger partial charge in [0.2, 0.25) is 0 Å². The van der Waals surface area contributed by atoms with Crippen molar-refractivity contribution in [1.29, 1.82) is 0 Å². The van der Waals surface area contributed by atoms with Crippen LogP contribution in [0.15, 0.2) is 108 Å². The topological polar surface area (TPSA) is 66.5 Å². The van der Waals surface area contributed by atoms with Gasteiger partial charge in [-0.3, -0.25) is 9.52 Å². The van der Waals surface area contributed by atoms with Crippen LogP contribution in [-0.4, -0.2) is 19.2 Å². The Morgan fingerprint density at radius 1 is 0.743 bits per heavy atom. The zero-order valence-corrected chi connectivity index (χ0v) is 20.9. The van der Waals surface area contributed by atoms with Gasteiger partial charge in [0, 0.05) is 29.4 Å². The standard InChI is InChI=1S/C27H22Cl2N2O3S/c28-23-12-14-24(15-13-23)30-35(33,34)26-17-22(11-16-25(26)29)27(32)31(18-20-7-3-1-4-8-20)19-21-9-5-2-6-10-21/h1-17,30H,18-19H2. The number of hydrogen-bond donors (Lipinski definition) is 1.